The van der Waals surface area contributed by atoms with Crippen LogP contribution in [0, 0.1) is 9.39 Å². The second kappa shape index (κ2) is 5.89. The molecule has 2 aromatic carbocycles. The van der Waals surface area contributed by atoms with Crippen LogP contribution in [0.15, 0.2) is 42.5 Å². The topological polar surface area (TPSA) is 12.0 Å². The Morgan fingerprint density at radius 2 is 2.00 bits per heavy atom. The lowest BCUT2D eigenvalue weighted by Crippen LogP contribution is -2.07. The summed E-state index contributed by atoms with van der Waals surface area (Å²) in [4.78, 5) is 0. The van der Waals surface area contributed by atoms with Gasteiger partial charge in [0.25, 0.3) is 0 Å². The first-order chi connectivity index (χ1) is 8.56. The minimum Gasteiger partial charge on any atom is -0.378 e. The van der Waals surface area contributed by atoms with Crippen LogP contribution < -0.4 is 5.32 Å². The van der Waals surface area contributed by atoms with Crippen LogP contribution in [0.4, 0.5) is 10.1 Å². The van der Waals surface area contributed by atoms with E-state index in [0.29, 0.717) is 5.02 Å². The number of anilines is 1. The third-order valence-electron chi connectivity index (χ3n) is 2.64. The number of nitrogens with one attached hydrogen (secondary N) is 1. The van der Waals surface area contributed by atoms with Crippen molar-refractivity contribution in [2.75, 3.05) is 5.32 Å². The Balaban J connectivity index is 2.19. The van der Waals surface area contributed by atoms with Crippen LogP contribution in [0.1, 0.15) is 18.5 Å². The van der Waals surface area contributed by atoms with E-state index < -0.39 is 0 Å². The molecule has 0 bridgehead atoms. The molecule has 0 aromatic heterocycles. The van der Waals surface area contributed by atoms with Gasteiger partial charge in [-0.15, -0.1) is 0 Å². The highest BCUT2D eigenvalue weighted by Gasteiger charge is 2.10. The van der Waals surface area contributed by atoms with Crippen molar-refractivity contribution in [1.82, 2.24) is 0 Å². The van der Waals surface area contributed by atoms with E-state index in [9.17, 15) is 4.39 Å². The highest BCUT2D eigenvalue weighted by atomic mass is 127. The molecule has 0 aliphatic heterocycles. The fourth-order valence-electron chi connectivity index (χ4n) is 1.76. The highest BCUT2D eigenvalue weighted by Crippen LogP contribution is 2.27. The Hall–Kier alpha value is -0.810. The van der Waals surface area contributed by atoms with E-state index in [1.807, 2.05) is 25.1 Å². The molecule has 0 heterocycles. The van der Waals surface area contributed by atoms with Gasteiger partial charge >= 0.3 is 0 Å². The first-order valence-electron chi connectivity index (χ1n) is 5.53. The van der Waals surface area contributed by atoms with E-state index >= 15 is 0 Å². The molecule has 0 fully saturated rings. The Bertz CT molecular complexity index is 559. The van der Waals surface area contributed by atoms with Gasteiger partial charge in [0, 0.05) is 20.3 Å². The van der Waals surface area contributed by atoms with E-state index in [2.05, 4.69) is 34.0 Å². The summed E-state index contributed by atoms with van der Waals surface area (Å²) < 4.78 is 14.1. The van der Waals surface area contributed by atoms with Crippen molar-refractivity contribution in [2.45, 2.75) is 13.0 Å². The number of benzene rings is 2. The van der Waals surface area contributed by atoms with Crippen molar-refractivity contribution >= 4 is 39.9 Å². The normalized spacial score (nSPS) is 12.2. The molecule has 94 valence electrons. The van der Waals surface area contributed by atoms with Crippen LogP contribution in [0.2, 0.25) is 5.02 Å². The number of hydrogen-bond donors (Lipinski definition) is 1. The summed E-state index contributed by atoms with van der Waals surface area (Å²) in [6.07, 6.45) is 0. The molecule has 1 nitrogen and oxygen atoms in total. The van der Waals surface area contributed by atoms with Crippen molar-refractivity contribution in [3.63, 3.8) is 0 Å². The van der Waals surface area contributed by atoms with Gasteiger partial charge in [-0.05, 0) is 65.4 Å². The molecule has 1 N–H and O–H groups in total. The molecular formula is C14H12ClFIN. The standard InChI is InChI=1S/C14H12ClFIN/c1-9(13-6-5-10(16)7-14(13)15)18-12-4-2-3-11(17)8-12/h2-9,18H,1H3. The maximum absolute atomic E-state index is 13.0. The van der Waals surface area contributed by atoms with E-state index in [0.717, 1.165) is 14.8 Å². The van der Waals surface area contributed by atoms with Crippen molar-refractivity contribution in [1.29, 1.82) is 0 Å². The maximum atomic E-state index is 13.0. The predicted molar refractivity (Wildman–Crippen MR) is 82.6 cm³/mol. The monoisotopic (exact) mass is 375 g/mol. The third kappa shape index (κ3) is 3.36. The fraction of sp³-hybridized carbons (Fsp3) is 0.143. The third-order valence-corrected chi connectivity index (χ3v) is 3.64. The summed E-state index contributed by atoms with van der Waals surface area (Å²) in [6, 6.07) is 12.6. The molecule has 1 unspecified atom stereocenters. The van der Waals surface area contributed by atoms with E-state index in [4.69, 9.17) is 11.6 Å². The molecule has 4 heteroatoms. The quantitative estimate of drug-likeness (QED) is 0.722. The van der Waals surface area contributed by atoms with Gasteiger partial charge in [-0.3, -0.25) is 0 Å². The second-order valence-electron chi connectivity index (χ2n) is 4.04. The SMILES string of the molecule is CC(Nc1cccc(I)c1)c1ccc(F)cc1Cl. The van der Waals surface area contributed by atoms with Gasteiger partial charge in [-0.25, -0.2) is 4.39 Å². The van der Waals surface area contributed by atoms with Crippen LogP contribution in [0.5, 0.6) is 0 Å². The Morgan fingerprint density at radius 3 is 2.67 bits per heavy atom. The van der Waals surface area contributed by atoms with Crippen LogP contribution in [-0.4, -0.2) is 0 Å². The van der Waals surface area contributed by atoms with Crippen molar-refractivity contribution in [3.05, 3.63) is 62.4 Å². The van der Waals surface area contributed by atoms with Crippen molar-refractivity contribution in [2.24, 2.45) is 0 Å². The van der Waals surface area contributed by atoms with Gasteiger partial charge in [0.15, 0.2) is 0 Å². The van der Waals surface area contributed by atoms with Crippen LogP contribution >= 0.6 is 34.2 Å². The lowest BCUT2D eigenvalue weighted by molar-refractivity contribution is 0.626. The van der Waals surface area contributed by atoms with Gasteiger partial charge < -0.3 is 5.32 Å². The number of rotatable bonds is 3. The zero-order chi connectivity index (χ0) is 13.1. The molecular weight excluding hydrogens is 364 g/mol. The molecule has 2 aromatic rings. The summed E-state index contributed by atoms with van der Waals surface area (Å²) in [5.41, 5.74) is 1.91. The molecule has 0 aliphatic rings. The lowest BCUT2D eigenvalue weighted by atomic mass is 10.1. The molecule has 0 saturated carbocycles. The summed E-state index contributed by atoms with van der Waals surface area (Å²) in [7, 11) is 0. The first-order valence-corrected chi connectivity index (χ1v) is 6.99. The van der Waals surface area contributed by atoms with E-state index in [1.165, 1.54) is 12.1 Å². The summed E-state index contributed by atoms with van der Waals surface area (Å²) in [5.74, 6) is -0.315. The Morgan fingerprint density at radius 1 is 1.22 bits per heavy atom. The summed E-state index contributed by atoms with van der Waals surface area (Å²) in [5, 5.41) is 3.79. The first kappa shape index (κ1) is 13.6. The zero-order valence-electron chi connectivity index (χ0n) is 9.75. The highest BCUT2D eigenvalue weighted by molar-refractivity contribution is 14.1. The molecule has 0 amide bonds. The number of halogens is 3. The molecule has 2 rings (SSSR count). The molecule has 0 saturated heterocycles. The van der Waals surface area contributed by atoms with Crippen LogP contribution in [0.3, 0.4) is 0 Å². The minimum absolute atomic E-state index is 0.0244. The average Bonchev–Trinajstić information content (AvgIpc) is 2.28. The largest absolute Gasteiger partial charge is 0.378 e. The molecule has 0 aliphatic carbocycles. The second-order valence-corrected chi connectivity index (χ2v) is 5.70. The zero-order valence-corrected chi connectivity index (χ0v) is 12.7. The van der Waals surface area contributed by atoms with E-state index in [-0.39, 0.29) is 11.9 Å². The molecule has 0 spiro atoms. The summed E-state index contributed by atoms with van der Waals surface area (Å²) >= 11 is 8.30. The lowest BCUT2D eigenvalue weighted by Gasteiger charge is -2.17. The van der Waals surface area contributed by atoms with Crippen molar-refractivity contribution in [3.8, 4) is 0 Å². The van der Waals surface area contributed by atoms with Gasteiger partial charge in [0.1, 0.15) is 5.82 Å². The van der Waals surface area contributed by atoms with Crippen LogP contribution in [0.25, 0.3) is 0 Å². The Kier molecular flexibility index (Phi) is 4.45. The van der Waals surface area contributed by atoms with Gasteiger partial charge in [0.2, 0.25) is 0 Å². The van der Waals surface area contributed by atoms with E-state index in [1.54, 1.807) is 6.07 Å². The predicted octanol–water partition coefficient (Wildman–Crippen LogP) is 5.26. The van der Waals surface area contributed by atoms with Gasteiger partial charge in [-0.1, -0.05) is 23.7 Å². The molecule has 1 atom stereocenters. The number of hydrogen-bond acceptors (Lipinski definition) is 1. The maximum Gasteiger partial charge on any atom is 0.124 e. The van der Waals surface area contributed by atoms with Crippen molar-refractivity contribution < 1.29 is 4.39 Å². The Labute approximate surface area is 124 Å². The molecule has 0 radical (unpaired) electrons. The smallest absolute Gasteiger partial charge is 0.124 e. The fourth-order valence-corrected chi connectivity index (χ4v) is 2.63. The van der Waals surface area contributed by atoms with Crippen LogP contribution in [-0.2, 0) is 0 Å². The summed E-state index contributed by atoms with van der Waals surface area (Å²) in [6.45, 7) is 2.00. The van der Waals surface area contributed by atoms with Gasteiger partial charge in [0.05, 0.1) is 0 Å². The van der Waals surface area contributed by atoms with Gasteiger partial charge in [-0.2, -0.15) is 0 Å². The molecule has 18 heavy (non-hydrogen) atoms. The average molecular weight is 376 g/mol. The minimum atomic E-state index is -0.315.